The van der Waals surface area contributed by atoms with Crippen LogP contribution in [0.4, 0.5) is 11.4 Å². The van der Waals surface area contributed by atoms with Crippen LogP contribution in [0.15, 0.2) is 24.8 Å². The van der Waals surface area contributed by atoms with E-state index in [0.717, 1.165) is 38.3 Å². The van der Waals surface area contributed by atoms with E-state index < -0.39 is 0 Å². The molecule has 0 aromatic heterocycles. The number of rotatable bonds is 3. The molecule has 1 aromatic carbocycles. The van der Waals surface area contributed by atoms with Crippen molar-refractivity contribution in [1.82, 2.24) is 4.90 Å². The zero-order valence-electron chi connectivity index (χ0n) is 11.2. The summed E-state index contributed by atoms with van der Waals surface area (Å²) in [5, 5.41) is 10.9. The van der Waals surface area contributed by atoms with Crippen LogP contribution in [0.1, 0.15) is 12.0 Å². The Morgan fingerprint density at radius 1 is 1.32 bits per heavy atom. The van der Waals surface area contributed by atoms with Gasteiger partial charge in [0.05, 0.1) is 10.5 Å². The molecule has 1 heterocycles. The van der Waals surface area contributed by atoms with Crippen molar-refractivity contribution in [2.75, 3.05) is 38.1 Å². The molecule has 2 rings (SSSR count). The highest BCUT2D eigenvalue weighted by Crippen LogP contribution is 2.26. The summed E-state index contributed by atoms with van der Waals surface area (Å²) in [6.45, 7) is 7.70. The lowest BCUT2D eigenvalue weighted by molar-refractivity contribution is -0.385. The van der Waals surface area contributed by atoms with Gasteiger partial charge in [0.1, 0.15) is 0 Å². The standard InChI is InChI=1S/C14H19N3O2/c1-3-12-11-13(5-6-14(12)17(18)19)16-8-4-7-15(2)9-10-16/h3,5-6,11H,1,4,7-10H2,2H3. The third kappa shape index (κ3) is 3.12. The second-order valence-electron chi connectivity index (χ2n) is 4.85. The average molecular weight is 261 g/mol. The highest BCUT2D eigenvalue weighted by molar-refractivity contribution is 5.66. The molecule has 1 aliphatic heterocycles. The Hall–Kier alpha value is -1.88. The van der Waals surface area contributed by atoms with Crippen LogP contribution in [-0.2, 0) is 0 Å². The fraction of sp³-hybridized carbons (Fsp3) is 0.429. The number of anilines is 1. The SMILES string of the molecule is C=Cc1cc(N2CCCN(C)CC2)ccc1[N+](=O)[O-]. The fourth-order valence-electron chi connectivity index (χ4n) is 2.37. The first-order chi connectivity index (χ1) is 9.11. The molecule has 1 aliphatic rings. The van der Waals surface area contributed by atoms with Crippen molar-refractivity contribution in [2.24, 2.45) is 0 Å². The number of hydrogen-bond acceptors (Lipinski definition) is 4. The third-order valence-electron chi connectivity index (χ3n) is 3.51. The zero-order chi connectivity index (χ0) is 13.8. The molecular formula is C14H19N3O2. The monoisotopic (exact) mass is 261 g/mol. The molecule has 1 aromatic rings. The summed E-state index contributed by atoms with van der Waals surface area (Å²) in [7, 11) is 2.12. The second kappa shape index (κ2) is 5.84. The van der Waals surface area contributed by atoms with E-state index in [0.29, 0.717) is 5.56 Å². The van der Waals surface area contributed by atoms with Gasteiger partial charge in [-0.15, -0.1) is 0 Å². The summed E-state index contributed by atoms with van der Waals surface area (Å²) in [6, 6.07) is 5.26. The Bertz CT molecular complexity index is 488. The average Bonchev–Trinajstić information content (AvgIpc) is 2.62. The van der Waals surface area contributed by atoms with Gasteiger partial charge in [0.25, 0.3) is 5.69 Å². The highest BCUT2D eigenvalue weighted by Gasteiger charge is 2.16. The number of benzene rings is 1. The quantitative estimate of drug-likeness (QED) is 0.619. The molecule has 0 amide bonds. The molecule has 0 bridgehead atoms. The summed E-state index contributed by atoms with van der Waals surface area (Å²) in [5.74, 6) is 0. The predicted molar refractivity (Wildman–Crippen MR) is 77.5 cm³/mol. The van der Waals surface area contributed by atoms with E-state index in [9.17, 15) is 10.1 Å². The molecule has 0 N–H and O–H groups in total. The van der Waals surface area contributed by atoms with Gasteiger partial charge in [-0.05, 0) is 32.1 Å². The van der Waals surface area contributed by atoms with Gasteiger partial charge in [-0.2, -0.15) is 0 Å². The Labute approximate surface area is 113 Å². The largest absolute Gasteiger partial charge is 0.370 e. The maximum absolute atomic E-state index is 10.9. The molecule has 0 saturated carbocycles. The lowest BCUT2D eigenvalue weighted by atomic mass is 10.1. The van der Waals surface area contributed by atoms with E-state index in [1.54, 1.807) is 12.1 Å². The number of nitro benzene ring substituents is 1. The molecule has 0 atom stereocenters. The van der Waals surface area contributed by atoms with Gasteiger partial charge in [0, 0.05) is 31.4 Å². The summed E-state index contributed by atoms with van der Waals surface area (Å²) >= 11 is 0. The molecule has 0 radical (unpaired) electrons. The van der Waals surface area contributed by atoms with Crippen LogP contribution in [-0.4, -0.2) is 43.0 Å². The lowest BCUT2D eigenvalue weighted by Gasteiger charge is -2.23. The van der Waals surface area contributed by atoms with Crippen molar-refractivity contribution >= 4 is 17.5 Å². The molecule has 1 fully saturated rings. The first kappa shape index (κ1) is 13.5. The van der Waals surface area contributed by atoms with E-state index in [1.807, 2.05) is 12.1 Å². The summed E-state index contributed by atoms with van der Waals surface area (Å²) in [5.41, 5.74) is 1.74. The van der Waals surface area contributed by atoms with Crippen molar-refractivity contribution in [3.8, 4) is 0 Å². The Morgan fingerprint density at radius 3 is 2.79 bits per heavy atom. The molecule has 0 spiro atoms. The maximum atomic E-state index is 10.9. The Kier molecular flexibility index (Phi) is 4.16. The summed E-state index contributed by atoms with van der Waals surface area (Å²) in [4.78, 5) is 15.1. The van der Waals surface area contributed by atoms with Crippen molar-refractivity contribution in [3.63, 3.8) is 0 Å². The number of nitrogens with zero attached hydrogens (tertiary/aromatic N) is 3. The molecule has 1 saturated heterocycles. The lowest BCUT2D eigenvalue weighted by Crippen LogP contribution is -2.28. The first-order valence-corrected chi connectivity index (χ1v) is 6.46. The minimum Gasteiger partial charge on any atom is -0.370 e. The van der Waals surface area contributed by atoms with Gasteiger partial charge in [-0.1, -0.05) is 12.7 Å². The van der Waals surface area contributed by atoms with Crippen LogP contribution in [0.5, 0.6) is 0 Å². The molecule has 5 heteroatoms. The summed E-state index contributed by atoms with van der Waals surface area (Å²) in [6.07, 6.45) is 2.66. The zero-order valence-corrected chi connectivity index (χ0v) is 11.2. The van der Waals surface area contributed by atoms with Crippen molar-refractivity contribution < 1.29 is 4.92 Å². The van der Waals surface area contributed by atoms with Crippen molar-refractivity contribution in [3.05, 3.63) is 40.5 Å². The van der Waals surface area contributed by atoms with Crippen molar-refractivity contribution in [1.29, 1.82) is 0 Å². The first-order valence-electron chi connectivity index (χ1n) is 6.46. The van der Waals surface area contributed by atoms with E-state index in [-0.39, 0.29) is 10.6 Å². The van der Waals surface area contributed by atoms with E-state index >= 15 is 0 Å². The van der Waals surface area contributed by atoms with Gasteiger partial charge in [-0.25, -0.2) is 0 Å². The normalized spacial score (nSPS) is 17.0. The van der Waals surface area contributed by atoms with E-state index in [2.05, 4.69) is 23.4 Å². The number of nitro groups is 1. The highest BCUT2D eigenvalue weighted by atomic mass is 16.6. The Balaban J connectivity index is 2.25. The smallest absolute Gasteiger partial charge is 0.276 e. The van der Waals surface area contributed by atoms with Crippen LogP contribution in [0, 0.1) is 10.1 Å². The van der Waals surface area contributed by atoms with Crippen LogP contribution in [0.25, 0.3) is 6.08 Å². The molecule has 0 aliphatic carbocycles. The van der Waals surface area contributed by atoms with Gasteiger partial charge >= 0.3 is 0 Å². The van der Waals surface area contributed by atoms with Crippen LogP contribution >= 0.6 is 0 Å². The minimum absolute atomic E-state index is 0.116. The second-order valence-corrected chi connectivity index (χ2v) is 4.85. The number of hydrogen-bond donors (Lipinski definition) is 0. The Morgan fingerprint density at radius 2 is 2.11 bits per heavy atom. The van der Waals surface area contributed by atoms with E-state index in [4.69, 9.17) is 0 Å². The molecule has 0 unspecified atom stereocenters. The van der Waals surface area contributed by atoms with Gasteiger partial charge in [0.15, 0.2) is 0 Å². The van der Waals surface area contributed by atoms with Gasteiger partial charge in [0.2, 0.25) is 0 Å². The van der Waals surface area contributed by atoms with E-state index in [1.165, 1.54) is 0 Å². The molecule has 5 nitrogen and oxygen atoms in total. The number of likely N-dealkylation sites (N-methyl/N-ethyl adjacent to an activating group) is 1. The van der Waals surface area contributed by atoms with Gasteiger partial charge < -0.3 is 9.80 Å². The van der Waals surface area contributed by atoms with Gasteiger partial charge in [-0.3, -0.25) is 10.1 Å². The maximum Gasteiger partial charge on any atom is 0.276 e. The third-order valence-corrected chi connectivity index (χ3v) is 3.51. The molecule has 19 heavy (non-hydrogen) atoms. The molecular weight excluding hydrogens is 242 g/mol. The van der Waals surface area contributed by atoms with Crippen LogP contribution in [0.2, 0.25) is 0 Å². The minimum atomic E-state index is -0.364. The predicted octanol–water partition coefficient (Wildman–Crippen LogP) is 2.38. The van der Waals surface area contributed by atoms with Crippen molar-refractivity contribution in [2.45, 2.75) is 6.42 Å². The summed E-state index contributed by atoms with van der Waals surface area (Å²) < 4.78 is 0. The van der Waals surface area contributed by atoms with Crippen LogP contribution < -0.4 is 4.90 Å². The topological polar surface area (TPSA) is 49.6 Å². The molecule has 102 valence electrons. The van der Waals surface area contributed by atoms with Crippen LogP contribution in [0.3, 0.4) is 0 Å². The fourth-order valence-corrected chi connectivity index (χ4v) is 2.37.